The fourth-order valence-electron chi connectivity index (χ4n) is 2.18. The van der Waals surface area contributed by atoms with Crippen LogP contribution in [0.2, 0.25) is 0 Å². The van der Waals surface area contributed by atoms with E-state index >= 15 is 0 Å². The summed E-state index contributed by atoms with van der Waals surface area (Å²) in [6.45, 7) is 3.04. The maximum Gasteiger partial charge on any atom is 0.0651 e. The lowest BCUT2D eigenvalue weighted by atomic mass is 9.85. The molecule has 2 atom stereocenters. The van der Waals surface area contributed by atoms with Crippen molar-refractivity contribution in [2.45, 2.75) is 45.1 Å². The molecule has 14 heavy (non-hydrogen) atoms. The molecule has 1 fully saturated rings. The van der Waals surface area contributed by atoms with Crippen molar-refractivity contribution in [2.75, 3.05) is 12.4 Å². The average Bonchev–Trinajstić information content (AvgIpc) is 2.25. The van der Waals surface area contributed by atoms with Gasteiger partial charge in [-0.3, -0.25) is 0 Å². The molecule has 1 nitrogen and oxygen atoms in total. The van der Waals surface area contributed by atoms with Gasteiger partial charge in [-0.2, -0.15) is 12.6 Å². The Labute approximate surface area is 93.3 Å². The van der Waals surface area contributed by atoms with Gasteiger partial charge in [-0.1, -0.05) is 38.3 Å². The monoisotopic (exact) mass is 214 g/mol. The Kier molecular flexibility index (Phi) is 6.37. The highest BCUT2D eigenvalue weighted by molar-refractivity contribution is 7.80. The van der Waals surface area contributed by atoms with Crippen molar-refractivity contribution < 1.29 is 4.74 Å². The summed E-state index contributed by atoms with van der Waals surface area (Å²) in [6.07, 6.45) is 11.3. The molecule has 0 saturated heterocycles. The van der Waals surface area contributed by atoms with Crippen molar-refractivity contribution in [3.8, 4) is 0 Å². The smallest absolute Gasteiger partial charge is 0.0651 e. The summed E-state index contributed by atoms with van der Waals surface area (Å²) in [4.78, 5) is 0. The van der Waals surface area contributed by atoms with Crippen LogP contribution < -0.4 is 0 Å². The van der Waals surface area contributed by atoms with Crippen LogP contribution in [0.4, 0.5) is 0 Å². The van der Waals surface area contributed by atoms with E-state index in [9.17, 15) is 0 Å². The Morgan fingerprint density at radius 1 is 1.29 bits per heavy atom. The topological polar surface area (TPSA) is 9.23 Å². The molecule has 0 radical (unpaired) electrons. The molecule has 1 saturated carbocycles. The number of hydrogen-bond donors (Lipinski definition) is 1. The van der Waals surface area contributed by atoms with Gasteiger partial charge in [0.25, 0.3) is 0 Å². The minimum absolute atomic E-state index is 0.512. The van der Waals surface area contributed by atoms with Crippen LogP contribution >= 0.6 is 12.6 Å². The third-order valence-corrected chi connectivity index (χ3v) is 3.25. The van der Waals surface area contributed by atoms with Gasteiger partial charge in [-0.15, -0.1) is 0 Å². The van der Waals surface area contributed by atoms with Crippen molar-refractivity contribution in [3.05, 3.63) is 12.2 Å². The van der Waals surface area contributed by atoms with Crippen LogP contribution in [0.1, 0.15) is 39.0 Å². The van der Waals surface area contributed by atoms with Crippen LogP contribution in [0.3, 0.4) is 0 Å². The molecule has 0 amide bonds. The fourth-order valence-corrected chi connectivity index (χ4v) is 2.33. The molecule has 0 aromatic rings. The van der Waals surface area contributed by atoms with E-state index in [1.165, 1.54) is 32.1 Å². The van der Waals surface area contributed by atoms with E-state index in [-0.39, 0.29) is 0 Å². The molecular formula is C12H22OS. The van der Waals surface area contributed by atoms with Crippen LogP contribution in [0.5, 0.6) is 0 Å². The molecule has 0 spiro atoms. The Hall–Kier alpha value is 0.0500. The van der Waals surface area contributed by atoms with Crippen molar-refractivity contribution in [2.24, 2.45) is 5.92 Å². The molecule has 1 rings (SSSR count). The molecule has 82 valence electrons. The second kappa shape index (κ2) is 7.36. The van der Waals surface area contributed by atoms with Gasteiger partial charge in [0.1, 0.15) is 0 Å². The lowest BCUT2D eigenvalue weighted by Gasteiger charge is -2.30. The summed E-state index contributed by atoms with van der Waals surface area (Å²) in [5.41, 5.74) is 0. The quantitative estimate of drug-likeness (QED) is 0.545. The predicted octanol–water partition coefficient (Wildman–Crippen LogP) is 3.46. The van der Waals surface area contributed by atoms with E-state index in [0.29, 0.717) is 6.10 Å². The summed E-state index contributed by atoms with van der Waals surface area (Å²) in [5.74, 6) is 1.61. The molecule has 0 aliphatic heterocycles. The SMILES string of the molecule is CCC1CCCCC1OCC=CCS. The summed E-state index contributed by atoms with van der Waals surface area (Å²) in [6, 6.07) is 0. The van der Waals surface area contributed by atoms with E-state index in [4.69, 9.17) is 4.74 Å². The summed E-state index contributed by atoms with van der Waals surface area (Å²) >= 11 is 4.11. The highest BCUT2D eigenvalue weighted by atomic mass is 32.1. The van der Waals surface area contributed by atoms with E-state index in [2.05, 4.69) is 25.6 Å². The number of ether oxygens (including phenoxy) is 1. The van der Waals surface area contributed by atoms with Gasteiger partial charge >= 0.3 is 0 Å². The van der Waals surface area contributed by atoms with Crippen LogP contribution in [-0.2, 0) is 4.74 Å². The van der Waals surface area contributed by atoms with Crippen LogP contribution in [0, 0.1) is 5.92 Å². The standard InChI is InChI=1S/C12H22OS/c1-2-11-7-3-4-8-12(11)13-9-5-6-10-14/h5-6,11-12,14H,2-4,7-10H2,1H3. The first-order valence-electron chi connectivity index (χ1n) is 5.76. The highest BCUT2D eigenvalue weighted by Gasteiger charge is 2.23. The maximum atomic E-state index is 5.87. The second-order valence-corrected chi connectivity index (χ2v) is 4.34. The molecule has 0 heterocycles. The van der Waals surface area contributed by atoms with Crippen molar-refractivity contribution in [1.82, 2.24) is 0 Å². The zero-order valence-electron chi connectivity index (χ0n) is 9.11. The summed E-state index contributed by atoms with van der Waals surface area (Å²) in [7, 11) is 0. The molecule has 0 aromatic carbocycles. The van der Waals surface area contributed by atoms with Gasteiger partial charge in [0.2, 0.25) is 0 Å². The fraction of sp³-hybridized carbons (Fsp3) is 0.833. The normalized spacial score (nSPS) is 28.4. The molecule has 2 heteroatoms. The molecule has 1 aliphatic rings. The van der Waals surface area contributed by atoms with Gasteiger partial charge < -0.3 is 4.74 Å². The Morgan fingerprint density at radius 3 is 2.79 bits per heavy atom. The molecule has 0 aromatic heterocycles. The highest BCUT2D eigenvalue weighted by Crippen LogP contribution is 2.28. The van der Waals surface area contributed by atoms with Gasteiger partial charge in [0.05, 0.1) is 12.7 Å². The number of rotatable bonds is 5. The molecular weight excluding hydrogens is 192 g/mol. The number of thiol groups is 1. The van der Waals surface area contributed by atoms with E-state index in [1.54, 1.807) is 0 Å². The molecule has 1 aliphatic carbocycles. The first kappa shape index (κ1) is 12.1. The van der Waals surface area contributed by atoms with Crippen molar-refractivity contribution >= 4 is 12.6 Å². The van der Waals surface area contributed by atoms with Crippen LogP contribution in [0.25, 0.3) is 0 Å². The van der Waals surface area contributed by atoms with Crippen LogP contribution in [-0.4, -0.2) is 18.5 Å². The van der Waals surface area contributed by atoms with Gasteiger partial charge in [-0.25, -0.2) is 0 Å². The molecule has 0 N–H and O–H groups in total. The lowest BCUT2D eigenvalue weighted by Crippen LogP contribution is -2.27. The first-order chi connectivity index (χ1) is 6.88. The summed E-state index contributed by atoms with van der Waals surface area (Å²) in [5, 5.41) is 0. The minimum atomic E-state index is 0.512. The lowest BCUT2D eigenvalue weighted by molar-refractivity contribution is 0.00255. The Morgan fingerprint density at radius 2 is 2.07 bits per heavy atom. The van der Waals surface area contributed by atoms with E-state index in [1.807, 2.05) is 6.08 Å². The van der Waals surface area contributed by atoms with E-state index < -0.39 is 0 Å². The Bertz CT molecular complexity index is 168. The van der Waals surface area contributed by atoms with Gasteiger partial charge in [0.15, 0.2) is 0 Å². The Balaban J connectivity index is 2.22. The average molecular weight is 214 g/mol. The minimum Gasteiger partial charge on any atom is -0.374 e. The van der Waals surface area contributed by atoms with Crippen molar-refractivity contribution in [3.63, 3.8) is 0 Å². The second-order valence-electron chi connectivity index (χ2n) is 3.98. The van der Waals surface area contributed by atoms with Gasteiger partial charge in [0, 0.05) is 5.75 Å². The zero-order chi connectivity index (χ0) is 10.2. The zero-order valence-corrected chi connectivity index (χ0v) is 10.0. The molecule has 0 bridgehead atoms. The van der Waals surface area contributed by atoms with Gasteiger partial charge in [-0.05, 0) is 18.8 Å². The largest absolute Gasteiger partial charge is 0.374 e. The third kappa shape index (κ3) is 4.05. The third-order valence-electron chi connectivity index (χ3n) is 3.04. The predicted molar refractivity (Wildman–Crippen MR) is 65.0 cm³/mol. The summed E-state index contributed by atoms with van der Waals surface area (Å²) < 4.78 is 5.87. The maximum absolute atomic E-state index is 5.87. The number of hydrogen-bond acceptors (Lipinski definition) is 2. The van der Waals surface area contributed by atoms with Crippen molar-refractivity contribution in [1.29, 1.82) is 0 Å². The molecule has 2 unspecified atom stereocenters. The first-order valence-corrected chi connectivity index (χ1v) is 6.39. The van der Waals surface area contributed by atoms with E-state index in [0.717, 1.165) is 18.3 Å². The van der Waals surface area contributed by atoms with Crippen LogP contribution in [0.15, 0.2) is 12.2 Å².